The first-order chi connectivity index (χ1) is 11.8. The number of rotatable bonds is 12. The van der Waals surface area contributed by atoms with Gasteiger partial charge in [-0.2, -0.15) is 11.8 Å². The fourth-order valence-corrected chi connectivity index (χ4v) is 2.76. The Bertz CT molecular complexity index is 466. The Hall–Kier alpha value is -1.20. The Morgan fingerprint density at radius 1 is 1.12 bits per heavy atom. The van der Waals surface area contributed by atoms with Crippen molar-refractivity contribution in [2.75, 3.05) is 31.7 Å². The Morgan fingerprint density at radius 2 is 1.92 bits per heavy atom. The lowest BCUT2D eigenvalue weighted by Gasteiger charge is -2.12. The molecule has 0 amide bonds. The highest BCUT2D eigenvalue weighted by Crippen LogP contribution is 2.11. The molecule has 4 nitrogen and oxygen atoms in total. The van der Waals surface area contributed by atoms with E-state index in [4.69, 9.17) is 9.73 Å². The molecule has 0 aliphatic rings. The highest BCUT2D eigenvalue weighted by Gasteiger charge is 2.03. The summed E-state index contributed by atoms with van der Waals surface area (Å²) in [6.07, 6.45) is 5.61. The van der Waals surface area contributed by atoms with Crippen molar-refractivity contribution in [3.05, 3.63) is 35.4 Å². The van der Waals surface area contributed by atoms with Gasteiger partial charge in [-0.15, -0.1) is 0 Å². The van der Waals surface area contributed by atoms with Crippen LogP contribution in [-0.2, 0) is 17.9 Å². The fraction of sp³-hybridized carbons (Fsp3) is 0.632. The number of unbranched alkanes of at least 4 members (excludes halogenated alkanes) is 1. The first-order valence-electron chi connectivity index (χ1n) is 8.97. The minimum absolute atomic E-state index is 0.665. The number of nitrogens with one attached hydrogen (secondary N) is 2. The van der Waals surface area contributed by atoms with Gasteiger partial charge in [0.05, 0.1) is 13.2 Å². The maximum absolute atomic E-state index is 5.68. The second-order valence-electron chi connectivity index (χ2n) is 5.64. The molecule has 1 aromatic carbocycles. The minimum atomic E-state index is 0.665. The molecule has 0 aliphatic carbocycles. The van der Waals surface area contributed by atoms with Crippen LogP contribution in [0.2, 0.25) is 0 Å². The smallest absolute Gasteiger partial charge is 0.191 e. The maximum Gasteiger partial charge on any atom is 0.191 e. The molecule has 5 heteroatoms. The van der Waals surface area contributed by atoms with Crippen molar-refractivity contribution < 1.29 is 4.74 Å². The van der Waals surface area contributed by atoms with E-state index in [1.54, 1.807) is 0 Å². The molecule has 0 bridgehead atoms. The van der Waals surface area contributed by atoms with Crippen LogP contribution in [0.4, 0.5) is 0 Å². The molecule has 0 spiro atoms. The van der Waals surface area contributed by atoms with Gasteiger partial charge >= 0.3 is 0 Å². The highest BCUT2D eigenvalue weighted by atomic mass is 32.2. The van der Waals surface area contributed by atoms with Gasteiger partial charge in [0.15, 0.2) is 5.96 Å². The summed E-state index contributed by atoms with van der Waals surface area (Å²) < 4.78 is 5.68. The fourth-order valence-electron chi connectivity index (χ4n) is 2.26. The number of nitrogens with zero attached hydrogens (tertiary/aromatic N) is 1. The summed E-state index contributed by atoms with van der Waals surface area (Å²) in [5.41, 5.74) is 2.46. The van der Waals surface area contributed by atoms with Gasteiger partial charge in [0.25, 0.3) is 0 Å². The summed E-state index contributed by atoms with van der Waals surface area (Å²) >= 11 is 1.90. The van der Waals surface area contributed by atoms with E-state index in [0.717, 1.165) is 32.1 Å². The quantitative estimate of drug-likeness (QED) is 0.341. The number of guanidine groups is 1. The van der Waals surface area contributed by atoms with E-state index in [1.807, 2.05) is 11.8 Å². The molecule has 0 saturated carbocycles. The van der Waals surface area contributed by atoms with Crippen LogP contribution in [-0.4, -0.2) is 37.7 Å². The second-order valence-corrected chi connectivity index (χ2v) is 6.63. The van der Waals surface area contributed by atoms with Crippen molar-refractivity contribution in [1.29, 1.82) is 0 Å². The zero-order chi connectivity index (χ0) is 17.5. The van der Waals surface area contributed by atoms with Crippen molar-refractivity contribution in [3.8, 4) is 0 Å². The third-order valence-corrected chi connectivity index (χ3v) is 4.24. The predicted octanol–water partition coefficient (Wildman–Crippen LogP) is 3.81. The normalized spacial score (nSPS) is 11.5. The van der Waals surface area contributed by atoms with E-state index >= 15 is 0 Å². The van der Waals surface area contributed by atoms with Crippen LogP contribution in [0.15, 0.2) is 29.3 Å². The lowest BCUT2D eigenvalue weighted by Crippen LogP contribution is -2.37. The Labute approximate surface area is 151 Å². The van der Waals surface area contributed by atoms with Crippen LogP contribution in [0.25, 0.3) is 0 Å². The molecule has 1 aromatic rings. The molecule has 0 fully saturated rings. The molecule has 0 aromatic heterocycles. The average molecular weight is 352 g/mol. The molecule has 0 heterocycles. The number of hydrogen-bond acceptors (Lipinski definition) is 3. The van der Waals surface area contributed by atoms with Crippen LogP contribution < -0.4 is 10.6 Å². The van der Waals surface area contributed by atoms with Gasteiger partial charge in [-0.25, -0.2) is 4.99 Å². The first-order valence-corrected chi connectivity index (χ1v) is 10.4. The largest absolute Gasteiger partial charge is 0.377 e. The van der Waals surface area contributed by atoms with E-state index < -0.39 is 0 Å². The van der Waals surface area contributed by atoms with Crippen LogP contribution in [0.5, 0.6) is 0 Å². The van der Waals surface area contributed by atoms with Gasteiger partial charge < -0.3 is 15.4 Å². The molecule has 136 valence electrons. The van der Waals surface area contributed by atoms with Crippen LogP contribution >= 0.6 is 11.8 Å². The van der Waals surface area contributed by atoms with Crippen molar-refractivity contribution in [2.24, 2.45) is 4.99 Å². The molecule has 0 unspecified atom stereocenters. The molecule has 0 saturated heterocycles. The standard InChI is InChI=1S/C19H33N3OS/c1-4-13-23-16-18-11-7-6-10-17(18)15-22-19(20-5-2)21-12-8-9-14-24-3/h6-7,10-11H,4-5,8-9,12-16H2,1-3H3,(H2,20,21,22). The number of thioether (sulfide) groups is 1. The monoisotopic (exact) mass is 351 g/mol. The van der Waals surface area contributed by atoms with Crippen LogP contribution in [0.3, 0.4) is 0 Å². The Balaban J connectivity index is 2.55. The molecule has 24 heavy (non-hydrogen) atoms. The van der Waals surface area contributed by atoms with E-state index in [0.29, 0.717) is 13.2 Å². The van der Waals surface area contributed by atoms with Crippen LogP contribution in [0, 0.1) is 0 Å². The van der Waals surface area contributed by atoms with Crippen molar-refractivity contribution in [3.63, 3.8) is 0 Å². The number of benzene rings is 1. The van der Waals surface area contributed by atoms with E-state index in [1.165, 1.54) is 29.7 Å². The summed E-state index contributed by atoms with van der Waals surface area (Å²) in [7, 11) is 0. The molecule has 0 radical (unpaired) electrons. The maximum atomic E-state index is 5.68. The zero-order valence-electron chi connectivity index (χ0n) is 15.4. The predicted molar refractivity (Wildman–Crippen MR) is 107 cm³/mol. The lowest BCUT2D eigenvalue weighted by molar-refractivity contribution is 0.121. The van der Waals surface area contributed by atoms with E-state index in [-0.39, 0.29) is 0 Å². The number of ether oxygens (including phenoxy) is 1. The van der Waals surface area contributed by atoms with Crippen molar-refractivity contribution >= 4 is 17.7 Å². The van der Waals surface area contributed by atoms with E-state index in [9.17, 15) is 0 Å². The van der Waals surface area contributed by atoms with Gasteiger partial charge in [-0.3, -0.25) is 0 Å². The lowest BCUT2D eigenvalue weighted by atomic mass is 10.1. The van der Waals surface area contributed by atoms with Gasteiger partial charge in [-0.1, -0.05) is 31.2 Å². The number of aliphatic imine (C=N–C) groups is 1. The molecule has 0 aliphatic heterocycles. The summed E-state index contributed by atoms with van der Waals surface area (Å²) in [6, 6.07) is 8.39. The third-order valence-electron chi connectivity index (χ3n) is 3.54. The molecular formula is C19H33N3OS. The third kappa shape index (κ3) is 9.18. The van der Waals surface area contributed by atoms with Crippen molar-refractivity contribution in [1.82, 2.24) is 10.6 Å². The van der Waals surface area contributed by atoms with Crippen molar-refractivity contribution in [2.45, 2.75) is 46.3 Å². The second kappa shape index (κ2) is 14.2. The summed E-state index contributed by atoms with van der Waals surface area (Å²) in [4.78, 5) is 4.72. The van der Waals surface area contributed by atoms with Gasteiger partial charge in [0, 0.05) is 19.7 Å². The Morgan fingerprint density at radius 3 is 2.62 bits per heavy atom. The molecule has 1 rings (SSSR count). The van der Waals surface area contributed by atoms with Gasteiger partial charge in [-0.05, 0) is 49.3 Å². The van der Waals surface area contributed by atoms with Gasteiger partial charge in [0.1, 0.15) is 0 Å². The minimum Gasteiger partial charge on any atom is -0.377 e. The zero-order valence-corrected chi connectivity index (χ0v) is 16.3. The average Bonchev–Trinajstić information content (AvgIpc) is 2.60. The topological polar surface area (TPSA) is 45.6 Å². The summed E-state index contributed by atoms with van der Waals surface area (Å²) in [5.74, 6) is 2.12. The molecule has 0 atom stereocenters. The molecular weight excluding hydrogens is 318 g/mol. The first kappa shape index (κ1) is 20.8. The van der Waals surface area contributed by atoms with E-state index in [2.05, 4.69) is 55.0 Å². The highest BCUT2D eigenvalue weighted by molar-refractivity contribution is 7.98. The van der Waals surface area contributed by atoms with Crippen LogP contribution in [0.1, 0.15) is 44.2 Å². The Kier molecular flexibility index (Phi) is 12.3. The molecule has 2 N–H and O–H groups in total. The SMILES string of the molecule is CCCOCc1ccccc1CN=C(NCC)NCCCCSC. The summed E-state index contributed by atoms with van der Waals surface area (Å²) in [6.45, 7) is 8.20. The number of hydrogen-bond donors (Lipinski definition) is 2. The van der Waals surface area contributed by atoms with Gasteiger partial charge in [0.2, 0.25) is 0 Å². The summed E-state index contributed by atoms with van der Waals surface area (Å²) in [5, 5.41) is 6.74.